The molecule has 1 aliphatic carbocycles. The van der Waals surface area contributed by atoms with Gasteiger partial charge in [-0.2, -0.15) is 0 Å². The van der Waals surface area contributed by atoms with Crippen LogP contribution in [-0.2, 0) is 23.0 Å². The van der Waals surface area contributed by atoms with Gasteiger partial charge in [-0.15, -0.1) is 0 Å². The third-order valence-corrected chi connectivity index (χ3v) is 4.74. The van der Waals surface area contributed by atoms with E-state index in [9.17, 15) is 9.00 Å². The lowest BCUT2D eigenvalue weighted by Gasteiger charge is -2.14. The quantitative estimate of drug-likeness (QED) is 0.943. The van der Waals surface area contributed by atoms with E-state index in [1.807, 2.05) is 30.3 Å². The summed E-state index contributed by atoms with van der Waals surface area (Å²) in [6.45, 7) is 0. The lowest BCUT2D eigenvalue weighted by molar-refractivity contribution is 0.0936. The van der Waals surface area contributed by atoms with Crippen LogP contribution in [0.5, 0.6) is 0 Å². The van der Waals surface area contributed by atoms with Crippen molar-refractivity contribution in [2.45, 2.75) is 24.6 Å². The van der Waals surface area contributed by atoms with Crippen molar-refractivity contribution in [2.75, 3.05) is 6.26 Å². The number of fused-ring (bicyclic) bond motifs is 1. The second-order valence-corrected chi connectivity index (χ2v) is 7.12. The highest BCUT2D eigenvalue weighted by Crippen LogP contribution is 2.30. The first-order chi connectivity index (χ1) is 10.6. The van der Waals surface area contributed by atoms with Gasteiger partial charge in [0.25, 0.3) is 5.91 Å². The van der Waals surface area contributed by atoms with Crippen molar-refractivity contribution < 1.29 is 9.00 Å². The highest BCUT2D eigenvalue weighted by molar-refractivity contribution is 7.83. The molecule has 4 heteroatoms. The van der Waals surface area contributed by atoms with E-state index in [-0.39, 0.29) is 11.9 Å². The van der Waals surface area contributed by atoms with Crippen LogP contribution < -0.4 is 5.32 Å². The average molecular weight is 313 g/mol. The van der Waals surface area contributed by atoms with Crippen LogP contribution >= 0.6 is 0 Å². The highest BCUT2D eigenvalue weighted by Gasteiger charge is 2.23. The van der Waals surface area contributed by atoms with Gasteiger partial charge in [0.2, 0.25) is 0 Å². The number of hydrogen-bond acceptors (Lipinski definition) is 2. The minimum Gasteiger partial charge on any atom is -0.345 e. The number of amides is 1. The molecule has 0 radical (unpaired) electrons. The maximum absolute atomic E-state index is 12.5. The van der Waals surface area contributed by atoms with Crippen molar-refractivity contribution in [1.82, 2.24) is 5.32 Å². The first-order valence-electron chi connectivity index (χ1n) is 7.41. The Bertz CT molecular complexity index is 727. The maximum Gasteiger partial charge on any atom is 0.251 e. The molecule has 2 aromatic carbocycles. The van der Waals surface area contributed by atoms with Crippen LogP contribution in [0.4, 0.5) is 0 Å². The zero-order valence-electron chi connectivity index (χ0n) is 12.5. The van der Waals surface area contributed by atoms with Crippen LogP contribution in [0.1, 0.15) is 39.5 Å². The molecule has 0 aliphatic heterocycles. The zero-order valence-corrected chi connectivity index (χ0v) is 13.4. The van der Waals surface area contributed by atoms with E-state index >= 15 is 0 Å². The summed E-state index contributed by atoms with van der Waals surface area (Å²) < 4.78 is 11.3. The summed E-state index contributed by atoms with van der Waals surface area (Å²) in [6, 6.07) is 15.7. The standard InChI is InChI=1S/C18H19NO2S/c1-22(21)12-13-5-4-7-15(11-13)18(20)19-17-10-9-14-6-2-3-8-16(14)17/h2-8,11,17H,9-10,12H2,1H3,(H,19,20). The van der Waals surface area contributed by atoms with Crippen molar-refractivity contribution in [3.05, 3.63) is 70.8 Å². The van der Waals surface area contributed by atoms with Crippen LogP contribution in [-0.4, -0.2) is 16.4 Å². The van der Waals surface area contributed by atoms with Crippen molar-refractivity contribution in [2.24, 2.45) is 0 Å². The largest absolute Gasteiger partial charge is 0.345 e. The molecular formula is C18H19NO2S. The van der Waals surface area contributed by atoms with Crippen LogP contribution in [0.15, 0.2) is 48.5 Å². The Kier molecular flexibility index (Phi) is 4.39. The Morgan fingerprint density at radius 2 is 2.05 bits per heavy atom. The van der Waals surface area contributed by atoms with Crippen LogP contribution in [0.3, 0.4) is 0 Å². The number of hydrogen-bond donors (Lipinski definition) is 1. The highest BCUT2D eigenvalue weighted by atomic mass is 32.2. The van der Waals surface area contributed by atoms with Crippen LogP contribution in [0.2, 0.25) is 0 Å². The summed E-state index contributed by atoms with van der Waals surface area (Å²) in [5.41, 5.74) is 4.11. The van der Waals surface area contributed by atoms with Gasteiger partial charge in [0.05, 0.1) is 6.04 Å². The monoisotopic (exact) mass is 313 g/mol. The summed E-state index contributed by atoms with van der Waals surface area (Å²) >= 11 is 0. The third kappa shape index (κ3) is 3.28. The molecule has 22 heavy (non-hydrogen) atoms. The van der Waals surface area contributed by atoms with E-state index in [0.29, 0.717) is 11.3 Å². The van der Waals surface area contributed by atoms with Gasteiger partial charge in [-0.3, -0.25) is 9.00 Å². The van der Waals surface area contributed by atoms with E-state index in [1.165, 1.54) is 11.1 Å². The van der Waals surface area contributed by atoms with Gasteiger partial charge < -0.3 is 5.32 Å². The molecule has 2 unspecified atom stereocenters. The molecule has 114 valence electrons. The van der Waals surface area contributed by atoms with Crippen molar-refractivity contribution in [3.63, 3.8) is 0 Å². The number of benzene rings is 2. The molecule has 2 atom stereocenters. The Labute approximate surface area is 133 Å². The molecule has 3 nitrogen and oxygen atoms in total. The van der Waals surface area contributed by atoms with E-state index in [2.05, 4.69) is 17.4 Å². The number of carbonyl (C=O) groups excluding carboxylic acids is 1. The molecule has 0 aromatic heterocycles. The first kappa shape index (κ1) is 15.0. The van der Waals surface area contributed by atoms with Crippen molar-refractivity contribution in [1.29, 1.82) is 0 Å². The number of nitrogens with one attached hydrogen (secondary N) is 1. The van der Waals surface area contributed by atoms with Crippen LogP contribution in [0, 0.1) is 0 Å². The predicted molar refractivity (Wildman–Crippen MR) is 89.2 cm³/mol. The first-order valence-corrected chi connectivity index (χ1v) is 9.14. The molecule has 3 rings (SSSR count). The lowest BCUT2D eigenvalue weighted by Crippen LogP contribution is -2.27. The molecule has 0 fully saturated rings. The summed E-state index contributed by atoms with van der Waals surface area (Å²) in [6.07, 6.45) is 3.63. The smallest absolute Gasteiger partial charge is 0.251 e. The van der Waals surface area contributed by atoms with Gasteiger partial charge in [0, 0.05) is 28.4 Å². The number of rotatable bonds is 4. The van der Waals surface area contributed by atoms with Gasteiger partial charge in [0.15, 0.2) is 0 Å². The molecule has 2 aromatic rings. The van der Waals surface area contributed by atoms with Gasteiger partial charge in [-0.25, -0.2) is 0 Å². The topological polar surface area (TPSA) is 46.2 Å². The number of carbonyl (C=O) groups is 1. The van der Waals surface area contributed by atoms with Gasteiger partial charge in [-0.05, 0) is 41.7 Å². The molecule has 0 spiro atoms. The predicted octanol–water partition coefficient (Wildman–Crippen LogP) is 2.98. The van der Waals surface area contributed by atoms with E-state index in [0.717, 1.165) is 18.4 Å². The maximum atomic E-state index is 12.5. The fourth-order valence-corrected chi connectivity index (χ4v) is 3.63. The van der Waals surface area contributed by atoms with E-state index in [1.54, 1.807) is 12.3 Å². The minimum absolute atomic E-state index is 0.0644. The summed E-state index contributed by atoms with van der Waals surface area (Å²) in [4.78, 5) is 12.5. The molecule has 1 aliphatic rings. The fourth-order valence-electron chi connectivity index (χ4n) is 2.99. The molecule has 0 heterocycles. The molecule has 0 saturated heterocycles. The summed E-state index contributed by atoms with van der Waals surface area (Å²) in [5.74, 6) is 0.415. The Morgan fingerprint density at radius 1 is 1.23 bits per heavy atom. The van der Waals surface area contributed by atoms with Crippen molar-refractivity contribution in [3.8, 4) is 0 Å². The van der Waals surface area contributed by atoms with Gasteiger partial charge >= 0.3 is 0 Å². The van der Waals surface area contributed by atoms with Gasteiger partial charge in [-0.1, -0.05) is 36.4 Å². The molecule has 0 bridgehead atoms. The second kappa shape index (κ2) is 6.44. The molecular weight excluding hydrogens is 294 g/mol. The number of aryl methyl sites for hydroxylation is 1. The molecule has 1 N–H and O–H groups in total. The Balaban J connectivity index is 1.74. The molecule has 1 amide bonds. The normalized spacial score (nSPS) is 17.8. The summed E-state index contributed by atoms with van der Waals surface area (Å²) in [7, 11) is -0.903. The van der Waals surface area contributed by atoms with Crippen LogP contribution in [0.25, 0.3) is 0 Å². The molecule has 0 saturated carbocycles. The van der Waals surface area contributed by atoms with E-state index < -0.39 is 10.8 Å². The summed E-state index contributed by atoms with van der Waals surface area (Å²) in [5, 5.41) is 3.12. The Morgan fingerprint density at radius 3 is 2.86 bits per heavy atom. The van der Waals surface area contributed by atoms with Crippen molar-refractivity contribution >= 4 is 16.7 Å². The zero-order chi connectivity index (χ0) is 15.5. The lowest BCUT2D eigenvalue weighted by atomic mass is 10.1. The second-order valence-electron chi connectivity index (χ2n) is 5.68. The van der Waals surface area contributed by atoms with E-state index in [4.69, 9.17) is 0 Å². The third-order valence-electron chi connectivity index (χ3n) is 4.00. The minimum atomic E-state index is -0.903. The SMILES string of the molecule is CS(=O)Cc1cccc(C(=O)NC2CCc3ccccc32)c1. The Hall–Kier alpha value is -1.94. The van der Waals surface area contributed by atoms with Gasteiger partial charge in [0.1, 0.15) is 0 Å². The fraction of sp³-hybridized carbons (Fsp3) is 0.278. The average Bonchev–Trinajstić information content (AvgIpc) is 2.90.